The first-order valence-electron chi connectivity index (χ1n) is 7.33. The highest BCUT2D eigenvalue weighted by molar-refractivity contribution is 7.80. The number of hydrogen-bond donors (Lipinski definition) is 2. The molecule has 0 radical (unpaired) electrons. The van der Waals surface area contributed by atoms with E-state index in [9.17, 15) is 13.2 Å². The van der Waals surface area contributed by atoms with Gasteiger partial charge in [0, 0.05) is 18.7 Å². The van der Waals surface area contributed by atoms with Crippen LogP contribution in [0, 0.1) is 0 Å². The Morgan fingerprint density at radius 2 is 1.62 bits per heavy atom. The zero-order valence-corrected chi connectivity index (χ0v) is 13.6. The van der Waals surface area contributed by atoms with E-state index in [0.717, 1.165) is 6.42 Å². The predicted molar refractivity (Wildman–Crippen MR) is 90.7 cm³/mol. The minimum absolute atomic E-state index is 0.142. The third-order valence-electron chi connectivity index (χ3n) is 3.18. The number of halogens is 3. The van der Waals surface area contributed by atoms with Crippen molar-refractivity contribution in [2.24, 2.45) is 0 Å². The fourth-order valence-electron chi connectivity index (χ4n) is 2.08. The lowest BCUT2D eigenvalue weighted by Gasteiger charge is -2.15. The molecule has 0 heterocycles. The highest BCUT2D eigenvalue weighted by Crippen LogP contribution is 2.25. The van der Waals surface area contributed by atoms with Crippen molar-refractivity contribution in [2.75, 3.05) is 6.54 Å². The molecule has 2 aromatic rings. The van der Waals surface area contributed by atoms with Crippen LogP contribution in [0.3, 0.4) is 0 Å². The summed E-state index contributed by atoms with van der Waals surface area (Å²) >= 11 is 5.14. The van der Waals surface area contributed by atoms with E-state index in [1.54, 1.807) is 12.1 Å². The summed E-state index contributed by atoms with van der Waals surface area (Å²) in [4.78, 5) is 0. The molecule has 0 bridgehead atoms. The quantitative estimate of drug-likeness (QED) is 0.774. The molecular weight excluding hydrogens is 337 g/mol. The van der Waals surface area contributed by atoms with Crippen LogP contribution in [-0.2, 0) is 13.0 Å². The number of thiocarbonyl (C=S) groups is 1. The van der Waals surface area contributed by atoms with Gasteiger partial charge in [0.25, 0.3) is 0 Å². The van der Waals surface area contributed by atoms with Crippen molar-refractivity contribution in [2.45, 2.75) is 19.3 Å². The summed E-state index contributed by atoms with van der Waals surface area (Å²) in [6.07, 6.45) is -3.92. The van der Waals surface area contributed by atoms with Crippen LogP contribution < -0.4 is 15.4 Å². The van der Waals surface area contributed by atoms with Crippen LogP contribution in [0.5, 0.6) is 5.75 Å². The van der Waals surface area contributed by atoms with Crippen molar-refractivity contribution in [3.63, 3.8) is 0 Å². The van der Waals surface area contributed by atoms with Gasteiger partial charge in [0.1, 0.15) is 5.75 Å². The van der Waals surface area contributed by atoms with Gasteiger partial charge in [-0.25, -0.2) is 0 Å². The summed E-state index contributed by atoms with van der Waals surface area (Å²) in [7, 11) is 0. The first-order chi connectivity index (χ1) is 11.4. The molecular formula is C17H17F3N2OS. The molecule has 2 rings (SSSR count). The minimum atomic E-state index is -4.72. The van der Waals surface area contributed by atoms with Gasteiger partial charge in [-0.15, -0.1) is 13.2 Å². The first kappa shape index (κ1) is 18.1. The summed E-state index contributed by atoms with van der Waals surface area (Å²) in [5.74, 6) is -0.232. The number of nitrogens with one attached hydrogen (secondary N) is 2. The van der Waals surface area contributed by atoms with Gasteiger partial charge in [-0.05, 0) is 30.3 Å². The van der Waals surface area contributed by atoms with E-state index >= 15 is 0 Å². The van der Waals surface area contributed by atoms with Gasteiger partial charge in [-0.2, -0.15) is 0 Å². The molecule has 0 saturated carbocycles. The van der Waals surface area contributed by atoms with Gasteiger partial charge >= 0.3 is 6.36 Å². The van der Waals surface area contributed by atoms with E-state index in [4.69, 9.17) is 12.2 Å². The maximum atomic E-state index is 12.4. The van der Waals surface area contributed by atoms with Crippen molar-refractivity contribution in [1.82, 2.24) is 10.6 Å². The van der Waals surface area contributed by atoms with Crippen molar-refractivity contribution in [1.29, 1.82) is 0 Å². The molecule has 7 heteroatoms. The van der Waals surface area contributed by atoms with Crippen LogP contribution in [0.15, 0.2) is 54.6 Å². The second-order valence-electron chi connectivity index (χ2n) is 5.00. The van der Waals surface area contributed by atoms with Gasteiger partial charge in [-0.3, -0.25) is 0 Å². The molecule has 24 heavy (non-hydrogen) atoms. The highest BCUT2D eigenvalue weighted by atomic mass is 32.1. The fourth-order valence-corrected chi connectivity index (χ4v) is 2.25. The molecule has 0 aromatic heterocycles. The third-order valence-corrected chi connectivity index (χ3v) is 3.47. The fraction of sp³-hybridized carbons (Fsp3) is 0.235. The van der Waals surface area contributed by atoms with Gasteiger partial charge in [0.15, 0.2) is 5.11 Å². The van der Waals surface area contributed by atoms with Gasteiger partial charge < -0.3 is 15.4 Å². The summed E-state index contributed by atoms with van der Waals surface area (Å²) in [6.45, 7) is 0.778. The zero-order valence-electron chi connectivity index (χ0n) is 12.8. The second kappa shape index (κ2) is 8.54. The number of para-hydroxylation sites is 1. The Bertz CT molecular complexity index is 662. The second-order valence-corrected chi connectivity index (χ2v) is 5.41. The predicted octanol–water partition coefficient (Wildman–Crippen LogP) is 3.79. The van der Waals surface area contributed by atoms with Gasteiger partial charge in [-0.1, -0.05) is 48.5 Å². The van der Waals surface area contributed by atoms with Crippen LogP contribution >= 0.6 is 12.2 Å². The van der Waals surface area contributed by atoms with Crippen LogP contribution in [0.1, 0.15) is 11.1 Å². The van der Waals surface area contributed by atoms with E-state index < -0.39 is 6.36 Å². The standard InChI is InChI=1S/C17H17F3N2OS/c18-17(19,20)23-15-9-5-4-8-14(15)12-22-16(24)21-11-10-13-6-2-1-3-7-13/h1-9H,10-12H2,(H2,21,22,24). The van der Waals surface area contributed by atoms with E-state index in [0.29, 0.717) is 17.2 Å². The van der Waals surface area contributed by atoms with E-state index in [1.165, 1.54) is 17.7 Å². The molecule has 0 unspecified atom stereocenters. The Kier molecular flexibility index (Phi) is 6.43. The smallest absolute Gasteiger partial charge is 0.405 e. The summed E-state index contributed by atoms with van der Waals surface area (Å²) < 4.78 is 41.1. The Hall–Kier alpha value is -2.28. The van der Waals surface area contributed by atoms with Crippen LogP contribution in [-0.4, -0.2) is 18.0 Å². The molecule has 0 saturated heterocycles. The Balaban J connectivity index is 1.79. The zero-order chi connectivity index (χ0) is 17.4. The molecule has 128 valence electrons. The minimum Gasteiger partial charge on any atom is -0.405 e. The molecule has 0 spiro atoms. The first-order valence-corrected chi connectivity index (χ1v) is 7.74. The number of rotatable bonds is 6. The Morgan fingerprint density at radius 3 is 2.33 bits per heavy atom. The largest absolute Gasteiger partial charge is 0.573 e. The maximum Gasteiger partial charge on any atom is 0.573 e. The summed E-state index contributed by atoms with van der Waals surface area (Å²) in [6, 6.07) is 15.9. The SMILES string of the molecule is FC(F)(F)Oc1ccccc1CNC(=S)NCCc1ccccc1. The van der Waals surface area contributed by atoms with E-state index in [2.05, 4.69) is 15.4 Å². The maximum absolute atomic E-state index is 12.4. The molecule has 3 nitrogen and oxygen atoms in total. The molecule has 0 fully saturated rings. The summed E-state index contributed by atoms with van der Waals surface area (Å²) in [5, 5.41) is 6.29. The number of hydrogen-bond acceptors (Lipinski definition) is 2. The molecule has 0 aliphatic heterocycles. The van der Waals surface area contributed by atoms with Crippen LogP contribution in [0.4, 0.5) is 13.2 Å². The molecule has 0 atom stereocenters. The van der Waals surface area contributed by atoms with Crippen molar-refractivity contribution >= 4 is 17.3 Å². The van der Waals surface area contributed by atoms with Crippen molar-refractivity contribution < 1.29 is 17.9 Å². The number of benzene rings is 2. The van der Waals surface area contributed by atoms with Crippen molar-refractivity contribution in [3.8, 4) is 5.75 Å². The lowest BCUT2D eigenvalue weighted by atomic mass is 10.1. The third kappa shape index (κ3) is 6.45. The van der Waals surface area contributed by atoms with Crippen LogP contribution in [0.25, 0.3) is 0 Å². The number of ether oxygens (including phenoxy) is 1. The average Bonchev–Trinajstić information content (AvgIpc) is 2.54. The highest BCUT2D eigenvalue weighted by Gasteiger charge is 2.31. The average molecular weight is 354 g/mol. The van der Waals surface area contributed by atoms with Gasteiger partial charge in [0.05, 0.1) is 0 Å². The molecule has 0 aliphatic rings. The number of alkyl halides is 3. The molecule has 0 aliphatic carbocycles. The normalized spacial score (nSPS) is 11.0. The Labute approximate surface area is 143 Å². The molecule has 2 aromatic carbocycles. The monoisotopic (exact) mass is 354 g/mol. The lowest BCUT2D eigenvalue weighted by molar-refractivity contribution is -0.274. The molecule has 0 amide bonds. The molecule has 2 N–H and O–H groups in total. The topological polar surface area (TPSA) is 33.3 Å². The Morgan fingerprint density at radius 1 is 0.958 bits per heavy atom. The van der Waals surface area contributed by atoms with Gasteiger partial charge in [0.2, 0.25) is 0 Å². The van der Waals surface area contributed by atoms with Crippen molar-refractivity contribution in [3.05, 3.63) is 65.7 Å². The summed E-state index contributed by atoms with van der Waals surface area (Å²) in [5.41, 5.74) is 1.55. The van der Waals surface area contributed by atoms with E-state index in [1.807, 2.05) is 30.3 Å². The van der Waals surface area contributed by atoms with E-state index in [-0.39, 0.29) is 12.3 Å². The van der Waals surface area contributed by atoms with Crippen LogP contribution in [0.2, 0.25) is 0 Å². The lowest BCUT2D eigenvalue weighted by Crippen LogP contribution is -2.36.